The Morgan fingerprint density at radius 2 is 2.45 bits per heavy atom. The third-order valence-electron chi connectivity index (χ3n) is 1.24. The van der Waals surface area contributed by atoms with E-state index >= 15 is 0 Å². The maximum Gasteiger partial charge on any atom is 0.160 e. The second-order valence-electron chi connectivity index (χ2n) is 2.02. The summed E-state index contributed by atoms with van der Waals surface area (Å²) in [4.78, 5) is 7.98. The molecule has 5 heteroatoms. The summed E-state index contributed by atoms with van der Waals surface area (Å²) in [6.07, 6.45) is 1.61. The molecule has 2 aromatic heterocycles. The van der Waals surface area contributed by atoms with Gasteiger partial charge in [0, 0.05) is 6.20 Å². The van der Waals surface area contributed by atoms with Crippen LogP contribution in [0.5, 0.6) is 0 Å². The normalized spacial score (nSPS) is 10.6. The molecule has 0 spiro atoms. The summed E-state index contributed by atoms with van der Waals surface area (Å²) < 4.78 is 0.731. The van der Waals surface area contributed by atoms with Crippen molar-refractivity contribution < 1.29 is 0 Å². The maximum atomic E-state index is 5.72. The third-order valence-corrected chi connectivity index (χ3v) is 2.61. The molecule has 0 unspecified atom stereocenters. The number of aromatic amines is 1. The molecule has 0 aliphatic rings. The van der Waals surface area contributed by atoms with Gasteiger partial charge >= 0.3 is 0 Å². The Morgan fingerprint density at radius 1 is 1.64 bits per heavy atom. The van der Waals surface area contributed by atoms with Crippen molar-refractivity contribution in [1.82, 2.24) is 9.97 Å². The number of rotatable bonds is 0. The highest BCUT2D eigenvalue weighted by Gasteiger charge is 1.97. The zero-order valence-corrected chi connectivity index (χ0v) is 7.69. The van der Waals surface area contributed by atoms with Crippen LogP contribution in [0.25, 0.3) is 10.3 Å². The number of nitrogens with one attached hydrogen (secondary N) is 1. The van der Waals surface area contributed by atoms with Gasteiger partial charge in [0.25, 0.3) is 0 Å². The second-order valence-corrected chi connectivity index (χ2v) is 4.12. The first-order chi connectivity index (χ1) is 5.25. The number of hydrogen-bond acceptors (Lipinski definition) is 3. The minimum Gasteiger partial charge on any atom is -0.336 e. The molecule has 0 saturated carbocycles. The van der Waals surface area contributed by atoms with Gasteiger partial charge in [-0.3, -0.25) is 0 Å². The van der Waals surface area contributed by atoms with Crippen molar-refractivity contribution in [2.24, 2.45) is 0 Å². The lowest BCUT2D eigenvalue weighted by Crippen LogP contribution is -1.71. The average molecular weight is 203 g/mol. The molecule has 1 N–H and O–H groups in total. The minimum absolute atomic E-state index is 0.626. The molecular formula is C6H3ClN2S2. The van der Waals surface area contributed by atoms with Crippen LogP contribution in [0.15, 0.2) is 12.3 Å². The largest absolute Gasteiger partial charge is 0.336 e. The van der Waals surface area contributed by atoms with Crippen LogP contribution < -0.4 is 0 Å². The summed E-state index contributed by atoms with van der Waals surface area (Å²) in [5, 5.41) is 0.626. The van der Waals surface area contributed by atoms with Crippen LogP contribution in [-0.2, 0) is 0 Å². The van der Waals surface area contributed by atoms with Crippen molar-refractivity contribution in [1.29, 1.82) is 0 Å². The molecule has 0 saturated heterocycles. The van der Waals surface area contributed by atoms with Gasteiger partial charge in [0.05, 0.1) is 10.5 Å². The van der Waals surface area contributed by atoms with Gasteiger partial charge in [0.2, 0.25) is 0 Å². The summed E-state index contributed by atoms with van der Waals surface area (Å²) in [6, 6.07) is 1.82. The smallest absolute Gasteiger partial charge is 0.160 e. The first kappa shape index (κ1) is 7.21. The zero-order valence-electron chi connectivity index (χ0n) is 5.30. The lowest BCUT2D eigenvalue weighted by molar-refractivity contribution is 1.40. The van der Waals surface area contributed by atoms with E-state index in [0.29, 0.717) is 5.02 Å². The number of halogens is 1. The molecule has 56 valence electrons. The van der Waals surface area contributed by atoms with E-state index in [1.54, 1.807) is 6.20 Å². The van der Waals surface area contributed by atoms with Gasteiger partial charge < -0.3 is 4.98 Å². The molecule has 0 aromatic carbocycles. The SMILES string of the molecule is S=c1[nH]c2cc(Cl)cnc2s1. The van der Waals surface area contributed by atoms with Crippen LogP contribution in [0.1, 0.15) is 0 Å². The fourth-order valence-electron chi connectivity index (χ4n) is 0.821. The molecule has 0 aliphatic heterocycles. The molecule has 2 nitrogen and oxygen atoms in total. The summed E-state index contributed by atoms with van der Waals surface area (Å²) >= 11 is 12.1. The van der Waals surface area contributed by atoms with Crippen LogP contribution >= 0.6 is 35.2 Å². The molecule has 0 aliphatic carbocycles. The molecule has 0 bridgehead atoms. The predicted octanol–water partition coefficient (Wildman–Crippen LogP) is 3.01. The Balaban J connectivity index is 2.92. The molecule has 2 rings (SSSR count). The predicted molar refractivity (Wildman–Crippen MR) is 49.8 cm³/mol. The number of fused-ring (bicyclic) bond motifs is 1. The van der Waals surface area contributed by atoms with Gasteiger partial charge in [-0.15, -0.1) is 0 Å². The lowest BCUT2D eigenvalue weighted by atomic mass is 10.5. The van der Waals surface area contributed by atoms with Crippen LogP contribution in [0.2, 0.25) is 5.02 Å². The summed E-state index contributed by atoms with van der Waals surface area (Å²) in [5.41, 5.74) is 0.910. The first-order valence-corrected chi connectivity index (χ1v) is 4.50. The zero-order chi connectivity index (χ0) is 7.84. The highest BCUT2D eigenvalue weighted by Crippen LogP contribution is 2.19. The van der Waals surface area contributed by atoms with E-state index in [2.05, 4.69) is 9.97 Å². The van der Waals surface area contributed by atoms with E-state index in [1.165, 1.54) is 11.3 Å². The molecule has 2 aromatic rings. The lowest BCUT2D eigenvalue weighted by Gasteiger charge is -1.86. The third kappa shape index (κ3) is 1.29. The average Bonchev–Trinajstić information content (AvgIpc) is 2.27. The number of thiazole rings is 1. The van der Waals surface area contributed by atoms with E-state index in [0.717, 1.165) is 14.3 Å². The summed E-state index contributed by atoms with van der Waals surface area (Å²) in [7, 11) is 0. The highest BCUT2D eigenvalue weighted by molar-refractivity contribution is 7.73. The van der Waals surface area contributed by atoms with Crippen molar-refractivity contribution >= 4 is 45.5 Å². The van der Waals surface area contributed by atoms with Gasteiger partial charge in [-0.2, -0.15) is 0 Å². The van der Waals surface area contributed by atoms with E-state index in [1.807, 2.05) is 6.07 Å². The summed E-state index contributed by atoms with van der Waals surface area (Å²) in [5.74, 6) is 0. The van der Waals surface area contributed by atoms with Gasteiger partial charge in [-0.25, -0.2) is 4.98 Å². The van der Waals surface area contributed by atoms with Gasteiger partial charge in [-0.1, -0.05) is 22.9 Å². The van der Waals surface area contributed by atoms with Crippen molar-refractivity contribution in [3.63, 3.8) is 0 Å². The Kier molecular flexibility index (Phi) is 1.67. The van der Waals surface area contributed by atoms with Crippen molar-refractivity contribution in [2.75, 3.05) is 0 Å². The van der Waals surface area contributed by atoms with Crippen LogP contribution in [0.4, 0.5) is 0 Å². The molecule has 0 atom stereocenters. The van der Waals surface area contributed by atoms with Gasteiger partial charge in [0.1, 0.15) is 4.83 Å². The van der Waals surface area contributed by atoms with Crippen LogP contribution in [0.3, 0.4) is 0 Å². The summed E-state index contributed by atoms with van der Waals surface area (Å²) in [6.45, 7) is 0. The van der Waals surface area contributed by atoms with Gasteiger partial charge in [-0.05, 0) is 18.3 Å². The van der Waals surface area contributed by atoms with E-state index < -0.39 is 0 Å². The molecular weight excluding hydrogens is 200 g/mol. The van der Waals surface area contributed by atoms with Crippen LogP contribution in [-0.4, -0.2) is 9.97 Å². The van der Waals surface area contributed by atoms with Gasteiger partial charge in [0.15, 0.2) is 3.95 Å². The van der Waals surface area contributed by atoms with Crippen molar-refractivity contribution in [3.05, 3.63) is 21.2 Å². The number of hydrogen-bond donors (Lipinski definition) is 1. The quantitative estimate of drug-likeness (QED) is 0.666. The van der Waals surface area contributed by atoms with Crippen LogP contribution in [0, 0.1) is 3.95 Å². The maximum absolute atomic E-state index is 5.72. The number of nitrogens with zero attached hydrogens (tertiary/aromatic N) is 1. The van der Waals surface area contributed by atoms with E-state index in [4.69, 9.17) is 23.8 Å². The Morgan fingerprint density at radius 3 is 3.27 bits per heavy atom. The fraction of sp³-hybridized carbons (Fsp3) is 0. The number of aromatic nitrogens is 2. The van der Waals surface area contributed by atoms with Crippen molar-refractivity contribution in [3.8, 4) is 0 Å². The Hall–Kier alpha value is -0.450. The second kappa shape index (κ2) is 2.55. The molecule has 2 heterocycles. The number of pyridine rings is 1. The van der Waals surface area contributed by atoms with E-state index in [-0.39, 0.29) is 0 Å². The molecule has 0 fully saturated rings. The Bertz CT molecular complexity index is 445. The Labute approximate surface area is 76.9 Å². The first-order valence-electron chi connectivity index (χ1n) is 2.90. The molecule has 11 heavy (non-hydrogen) atoms. The monoisotopic (exact) mass is 202 g/mol. The topological polar surface area (TPSA) is 28.7 Å². The fourth-order valence-corrected chi connectivity index (χ4v) is 1.99. The standard InChI is InChI=1S/C6H3ClN2S2/c7-3-1-4-5(8-2-3)11-6(10)9-4/h1-2H,(H,9,10). The highest BCUT2D eigenvalue weighted by atomic mass is 35.5. The van der Waals surface area contributed by atoms with Crippen molar-refractivity contribution in [2.45, 2.75) is 0 Å². The molecule has 0 radical (unpaired) electrons. The van der Waals surface area contributed by atoms with E-state index in [9.17, 15) is 0 Å². The molecule has 0 amide bonds. The minimum atomic E-state index is 0.626. The number of H-pyrrole nitrogens is 1.